The zero-order valence-corrected chi connectivity index (χ0v) is 14.9. The molecule has 3 aromatic heterocycles. The molecule has 0 radical (unpaired) electrons. The zero-order valence-electron chi connectivity index (χ0n) is 14.1. The number of aryl methyl sites for hydroxylation is 2. The number of carbonyl (C=O) groups excluding carboxylic acids is 1. The Morgan fingerprint density at radius 2 is 2.17 bits per heavy atom. The van der Waals surface area contributed by atoms with E-state index in [2.05, 4.69) is 15.1 Å². The van der Waals surface area contributed by atoms with E-state index in [1.54, 1.807) is 22.7 Å². The van der Waals surface area contributed by atoms with Crippen molar-refractivity contribution in [3.05, 3.63) is 41.1 Å². The number of likely N-dealkylation sites (N-methyl/N-ethyl adjacent to an activating group) is 1. The van der Waals surface area contributed by atoms with E-state index in [1.807, 2.05) is 32.2 Å². The van der Waals surface area contributed by atoms with Gasteiger partial charge in [-0.05, 0) is 32.2 Å². The number of aromatic nitrogens is 4. The van der Waals surface area contributed by atoms with E-state index in [4.69, 9.17) is 4.42 Å². The lowest BCUT2D eigenvalue weighted by atomic mass is 10.1. The monoisotopic (exact) mass is 345 g/mol. The molecule has 0 saturated carbocycles. The van der Waals surface area contributed by atoms with Crippen LogP contribution in [0, 0.1) is 13.8 Å². The normalized spacial score (nSPS) is 11.2. The lowest BCUT2D eigenvalue weighted by Crippen LogP contribution is -2.28. The summed E-state index contributed by atoms with van der Waals surface area (Å²) in [7, 11) is 1.77. The molecule has 0 aromatic carbocycles. The average molecular weight is 345 g/mol. The van der Waals surface area contributed by atoms with Crippen LogP contribution >= 0.6 is 11.8 Å². The minimum absolute atomic E-state index is 0.00366. The summed E-state index contributed by atoms with van der Waals surface area (Å²) in [4.78, 5) is 23.0. The number of thioether (sulfide) groups is 1. The first-order valence-electron chi connectivity index (χ1n) is 7.52. The maximum atomic E-state index is 12.5. The Bertz CT molecular complexity index is 872. The van der Waals surface area contributed by atoms with Crippen molar-refractivity contribution in [3.63, 3.8) is 0 Å². The molecule has 7 nitrogen and oxygen atoms in total. The third kappa shape index (κ3) is 3.14. The van der Waals surface area contributed by atoms with Gasteiger partial charge in [-0.2, -0.15) is 4.98 Å². The summed E-state index contributed by atoms with van der Waals surface area (Å²) >= 11 is 1.47. The van der Waals surface area contributed by atoms with E-state index in [0.717, 1.165) is 22.7 Å². The van der Waals surface area contributed by atoms with Crippen LogP contribution in [0.25, 0.3) is 5.78 Å². The maximum absolute atomic E-state index is 12.5. The van der Waals surface area contributed by atoms with Gasteiger partial charge >= 0.3 is 0 Å². The quantitative estimate of drug-likeness (QED) is 0.660. The van der Waals surface area contributed by atoms with Crippen LogP contribution < -0.4 is 0 Å². The second-order valence-electron chi connectivity index (χ2n) is 5.58. The molecule has 3 rings (SSSR count). The van der Waals surface area contributed by atoms with Crippen LogP contribution in [0.1, 0.15) is 22.7 Å². The van der Waals surface area contributed by atoms with Crippen molar-refractivity contribution >= 4 is 23.4 Å². The molecule has 0 N–H and O–H groups in total. The number of fused-ring (bicyclic) bond motifs is 1. The van der Waals surface area contributed by atoms with Crippen LogP contribution in [0.4, 0.5) is 0 Å². The molecule has 0 atom stereocenters. The summed E-state index contributed by atoms with van der Waals surface area (Å²) in [5, 5.41) is 5.08. The summed E-state index contributed by atoms with van der Waals surface area (Å²) < 4.78 is 7.00. The summed E-state index contributed by atoms with van der Waals surface area (Å²) in [5.41, 5.74) is 2.58. The molecule has 0 aliphatic carbocycles. The fourth-order valence-electron chi connectivity index (χ4n) is 2.54. The molecule has 1 amide bonds. The van der Waals surface area contributed by atoms with Crippen molar-refractivity contribution in [2.24, 2.45) is 0 Å². The summed E-state index contributed by atoms with van der Waals surface area (Å²) in [6.45, 7) is 4.28. The molecule has 0 aliphatic heterocycles. The highest BCUT2D eigenvalue weighted by molar-refractivity contribution is 7.98. The van der Waals surface area contributed by atoms with Crippen LogP contribution in [0.3, 0.4) is 0 Å². The molecular weight excluding hydrogens is 326 g/mol. The Balaban J connectivity index is 1.84. The van der Waals surface area contributed by atoms with Crippen molar-refractivity contribution in [1.29, 1.82) is 0 Å². The van der Waals surface area contributed by atoms with Gasteiger partial charge < -0.3 is 9.32 Å². The van der Waals surface area contributed by atoms with Gasteiger partial charge in [0.1, 0.15) is 5.76 Å². The summed E-state index contributed by atoms with van der Waals surface area (Å²) in [6, 6.07) is 3.67. The van der Waals surface area contributed by atoms with Gasteiger partial charge in [-0.15, -0.1) is 5.10 Å². The Kier molecular flexibility index (Phi) is 4.57. The predicted molar refractivity (Wildman–Crippen MR) is 90.9 cm³/mol. The van der Waals surface area contributed by atoms with E-state index < -0.39 is 0 Å². The van der Waals surface area contributed by atoms with Gasteiger partial charge in [0, 0.05) is 24.0 Å². The van der Waals surface area contributed by atoms with Crippen molar-refractivity contribution in [3.8, 4) is 0 Å². The smallest absolute Gasteiger partial charge is 0.253 e. The molecule has 0 unspecified atom stereocenters. The van der Waals surface area contributed by atoms with E-state index in [0.29, 0.717) is 17.5 Å². The van der Waals surface area contributed by atoms with Gasteiger partial charge in [0.25, 0.3) is 5.78 Å². The molecule has 126 valence electrons. The summed E-state index contributed by atoms with van der Waals surface area (Å²) in [6.07, 6.45) is 3.80. The summed E-state index contributed by atoms with van der Waals surface area (Å²) in [5.74, 6) is 1.33. The first-order valence-corrected chi connectivity index (χ1v) is 8.75. The highest BCUT2D eigenvalue weighted by Crippen LogP contribution is 2.18. The van der Waals surface area contributed by atoms with Crippen LogP contribution in [0.15, 0.2) is 28.0 Å². The second-order valence-corrected chi connectivity index (χ2v) is 6.35. The molecule has 0 spiro atoms. The topological polar surface area (TPSA) is 76.5 Å². The highest BCUT2D eigenvalue weighted by atomic mass is 32.2. The molecule has 24 heavy (non-hydrogen) atoms. The Hall–Kier alpha value is -2.35. The average Bonchev–Trinajstić information content (AvgIpc) is 3.20. The number of hydrogen-bond donors (Lipinski definition) is 0. The number of rotatable bonds is 5. The second kappa shape index (κ2) is 6.64. The standard InChI is InChI=1S/C16H19N5O2S/c1-10-13(8-14(22)20(3)9-12-6-5-7-23-12)11(2)21-15(17-10)18-16(19-21)24-4/h5-7H,8-9H2,1-4H3. The van der Waals surface area contributed by atoms with E-state index >= 15 is 0 Å². The fraction of sp³-hybridized carbons (Fsp3) is 0.375. The third-order valence-corrected chi connectivity index (χ3v) is 4.48. The molecule has 3 aromatic rings. The van der Waals surface area contributed by atoms with Crippen molar-refractivity contribution in [2.75, 3.05) is 13.3 Å². The SMILES string of the molecule is CSc1nc2nc(C)c(CC(=O)N(C)Cc3ccco3)c(C)n2n1. The van der Waals surface area contributed by atoms with Gasteiger partial charge in [-0.25, -0.2) is 9.50 Å². The van der Waals surface area contributed by atoms with Gasteiger partial charge in [0.05, 0.1) is 19.2 Å². The predicted octanol–water partition coefficient (Wildman–Crippen LogP) is 2.26. The number of hydrogen-bond acceptors (Lipinski definition) is 6. The lowest BCUT2D eigenvalue weighted by molar-refractivity contribution is -0.129. The van der Waals surface area contributed by atoms with E-state index in [9.17, 15) is 4.79 Å². The van der Waals surface area contributed by atoms with Crippen LogP contribution in [0.5, 0.6) is 0 Å². The molecule has 3 heterocycles. The third-order valence-electron chi connectivity index (χ3n) is 3.94. The number of amides is 1. The molecule has 0 fully saturated rings. The first kappa shape index (κ1) is 16.5. The Morgan fingerprint density at radius 1 is 1.38 bits per heavy atom. The largest absolute Gasteiger partial charge is 0.467 e. The molecule has 0 aliphatic rings. The first-order chi connectivity index (χ1) is 11.5. The molecule has 0 saturated heterocycles. The van der Waals surface area contributed by atoms with Gasteiger partial charge in [0.15, 0.2) is 0 Å². The highest BCUT2D eigenvalue weighted by Gasteiger charge is 2.18. The number of carbonyl (C=O) groups is 1. The Morgan fingerprint density at radius 3 is 2.83 bits per heavy atom. The van der Waals surface area contributed by atoms with Crippen molar-refractivity contribution < 1.29 is 9.21 Å². The molecular formula is C16H19N5O2S. The van der Waals surface area contributed by atoms with Gasteiger partial charge in [-0.3, -0.25) is 4.79 Å². The molecule has 0 bridgehead atoms. The van der Waals surface area contributed by atoms with Gasteiger partial charge in [-0.1, -0.05) is 11.8 Å². The van der Waals surface area contributed by atoms with Crippen molar-refractivity contribution in [1.82, 2.24) is 24.5 Å². The van der Waals surface area contributed by atoms with E-state index in [1.165, 1.54) is 11.8 Å². The number of furan rings is 1. The van der Waals surface area contributed by atoms with Gasteiger partial charge in [0.2, 0.25) is 11.1 Å². The fourth-order valence-corrected chi connectivity index (χ4v) is 2.88. The zero-order chi connectivity index (χ0) is 17.3. The Labute approximate surface area is 144 Å². The minimum atomic E-state index is 0.00366. The maximum Gasteiger partial charge on any atom is 0.253 e. The van der Waals surface area contributed by atoms with E-state index in [-0.39, 0.29) is 12.3 Å². The van der Waals surface area contributed by atoms with Crippen LogP contribution in [-0.4, -0.2) is 43.7 Å². The van der Waals surface area contributed by atoms with Crippen molar-refractivity contribution in [2.45, 2.75) is 32.0 Å². The lowest BCUT2D eigenvalue weighted by Gasteiger charge is -2.17. The minimum Gasteiger partial charge on any atom is -0.467 e. The van der Waals surface area contributed by atoms with Crippen LogP contribution in [0.2, 0.25) is 0 Å². The van der Waals surface area contributed by atoms with Crippen LogP contribution in [-0.2, 0) is 17.8 Å². The number of nitrogens with zero attached hydrogens (tertiary/aromatic N) is 5. The molecule has 8 heteroatoms.